The van der Waals surface area contributed by atoms with Gasteiger partial charge in [-0.05, 0) is 51.1 Å². The minimum absolute atomic E-state index is 0.323. The topological polar surface area (TPSA) is 74.3 Å². The molecule has 0 bridgehead atoms. The molecule has 2 aromatic rings. The van der Waals surface area contributed by atoms with Gasteiger partial charge in [-0.15, -0.1) is 11.3 Å². The Morgan fingerprint density at radius 1 is 1.19 bits per heavy atom. The highest BCUT2D eigenvalue weighted by Gasteiger charge is 2.30. The van der Waals surface area contributed by atoms with Crippen molar-refractivity contribution < 1.29 is 9.59 Å². The van der Waals surface area contributed by atoms with Crippen LogP contribution in [0.4, 0.5) is 5.82 Å². The van der Waals surface area contributed by atoms with Crippen molar-refractivity contribution in [3.05, 3.63) is 44.7 Å². The summed E-state index contributed by atoms with van der Waals surface area (Å²) in [6.45, 7) is 5.27. The Labute approximate surface area is 167 Å². The lowest BCUT2D eigenvalue weighted by Gasteiger charge is -2.24. The molecule has 6 nitrogen and oxygen atoms in total. The Bertz CT molecular complexity index is 865. The number of fused-ring (bicyclic) bond motifs is 1. The van der Waals surface area contributed by atoms with Gasteiger partial charge >= 0.3 is 0 Å². The molecule has 144 valence electrons. The second-order valence-corrected chi connectivity index (χ2v) is 8.96. The van der Waals surface area contributed by atoms with E-state index in [9.17, 15) is 9.59 Å². The van der Waals surface area contributed by atoms with Crippen molar-refractivity contribution in [3.63, 3.8) is 0 Å². The van der Waals surface area contributed by atoms with Crippen molar-refractivity contribution in [1.82, 2.24) is 15.2 Å². The highest BCUT2D eigenvalue weighted by molar-refractivity contribution is 7.18. The fraction of sp³-hybridized carbons (Fsp3) is 0.421. The van der Waals surface area contributed by atoms with Gasteiger partial charge in [0, 0.05) is 25.2 Å². The van der Waals surface area contributed by atoms with Crippen molar-refractivity contribution in [3.8, 4) is 0 Å². The SMILES string of the molecule is CN1CCc2ccc(NC(=O)C(C)(C)NC(=O)c3ccc(Cl)s3)nc2CC1. The zero-order valence-corrected chi connectivity index (χ0v) is 17.2. The van der Waals surface area contributed by atoms with E-state index in [1.54, 1.807) is 26.0 Å². The maximum Gasteiger partial charge on any atom is 0.262 e. The molecule has 0 spiro atoms. The van der Waals surface area contributed by atoms with Gasteiger partial charge in [0.15, 0.2) is 0 Å². The van der Waals surface area contributed by atoms with Gasteiger partial charge < -0.3 is 15.5 Å². The second-order valence-electron chi connectivity index (χ2n) is 7.24. The molecule has 3 rings (SSSR count). The van der Waals surface area contributed by atoms with Crippen LogP contribution in [0.25, 0.3) is 0 Å². The van der Waals surface area contributed by atoms with Crippen LogP contribution in [0.3, 0.4) is 0 Å². The minimum Gasteiger partial charge on any atom is -0.337 e. The standard InChI is InChI=1S/C19H23ClN4O2S/c1-19(2,23-17(25)14-5-6-15(20)27-14)18(26)22-16-7-4-12-8-10-24(3)11-9-13(12)21-16/h4-7H,8-11H2,1-3H3,(H,23,25)(H,21,22,26). The van der Waals surface area contributed by atoms with Gasteiger partial charge in [0.2, 0.25) is 0 Å². The lowest BCUT2D eigenvalue weighted by Crippen LogP contribution is -2.52. The van der Waals surface area contributed by atoms with Crippen LogP contribution < -0.4 is 10.6 Å². The Hall–Kier alpha value is -1.96. The van der Waals surface area contributed by atoms with Gasteiger partial charge in [-0.25, -0.2) is 4.98 Å². The quantitative estimate of drug-likeness (QED) is 0.818. The minimum atomic E-state index is -1.10. The third-order valence-corrected chi connectivity index (χ3v) is 5.82. The molecular formula is C19H23ClN4O2S. The zero-order chi connectivity index (χ0) is 19.6. The molecule has 0 atom stereocenters. The van der Waals surface area contributed by atoms with E-state index in [1.807, 2.05) is 12.1 Å². The summed E-state index contributed by atoms with van der Waals surface area (Å²) in [5.74, 6) is -0.147. The monoisotopic (exact) mass is 406 g/mol. The summed E-state index contributed by atoms with van der Waals surface area (Å²) in [4.78, 5) is 32.4. The Kier molecular flexibility index (Phi) is 5.83. The lowest BCUT2D eigenvalue weighted by molar-refractivity contribution is -0.121. The summed E-state index contributed by atoms with van der Waals surface area (Å²) < 4.78 is 0.530. The molecule has 0 saturated carbocycles. The molecule has 2 aromatic heterocycles. The van der Waals surface area contributed by atoms with E-state index in [4.69, 9.17) is 11.6 Å². The fourth-order valence-electron chi connectivity index (χ4n) is 2.87. The van der Waals surface area contributed by atoms with Crippen LogP contribution in [0.1, 0.15) is 34.8 Å². The van der Waals surface area contributed by atoms with Crippen LogP contribution in [0, 0.1) is 0 Å². The number of rotatable bonds is 4. The van der Waals surface area contributed by atoms with Crippen LogP contribution >= 0.6 is 22.9 Å². The first-order valence-electron chi connectivity index (χ1n) is 8.81. The van der Waals surface area contributed by atoms with Crippen molar-refractivity contribution in [2.45, 2.75) is 32.2 Å². The molecule has 2 N–H and O–H groups in total. The molecule has 0 fully saturated rings. The van der Waals surface area contributed by atoms with Crippen LogP contribution in [-0.2, 0) is 17.6 Å². The fourth-order valence-corrected chi connectivity index (χ4v) is 3.81. The molecule has 3 heterocycles. The number of carbonyl (C=O) groups is 2. The number of carbonyl (C=O) groups excluding carboxylic acids is 2. The molecule has 2 amide bonds. The zero-order valence-electron chi connectivity index (χ0n) is 15.6. The average Bonchev–Trinajstić information content (AvgIpc) is 2.96. The number of likely N-dealkylation sites (N-methyl/N-ethyl adjacent to an activating group) is 1. The van der Waals surface area contributed by atoms with E-state index in [1.165, 1.54) is 16.9 Å². The number of pyridine rings is 1. The van der Waals surface area contributed by atoms with E-state index >= 15 is 0 Å². The van der Waals surface area contributed by atoms with Gasteiger partial charge in [0.1, 0.15) is 11.4 Å². The Balaban J connectivity index is 1.68. The van der Waals surface area contributed by atoms with Crippen molar-refractivity contribution >= 4 is 40.6 Å². The lowest BCUT2D eigenvalue weighted by atomic mass is 10.0. The van der Waals surface area contributed by atoms with Gasteiger partial charge in [0.05, 0.1) is 9.21 Å². The number of anilines is 1. The summed E-state index contributed by atoms with van der Waals surface area (Å²) in [6.07, 6.45) is 1.81. The van der Waals surface area contributed by atoms with Crippen LogP contribution in [0.2, 0.25) is 4.34 Å². The van der Waals surface area contributed by atoms with E-state index in [0.29, 0.717) is 15.0 Å². The molecule has 0 radical (unpaired) electrons. The summed E-state index contributed by atoms with van der Waals surface area (Å²) in [6, 6.07) is 7.14. The van der Waals surface area contributed by atoms with Crippen molar-refractivity contribution in [2.24, 2.45) is 0 Å². The van der Waals surface area contributed by atoms with E-state index in [2.05, 4.69) is 27.6 Å². The molecule has 1 aliphatic rings. The number of aromatic nitrogens is 1. The molecule has 8 heteroatoms. The predicted octanol–water partition coefficient (Wildman–Crippen LogP) is 2.97. The molecular weight excluding hydrogens is 384 g/mol. The van der Waals surface area contributed by atoms with Crippen LogP contribution in [0.15, 0.2) is 24.3 Å². The number of nitrogens with one attached hydrogen (secondary N) is 2. The number of nitrogens with zero attached hydrogens (tertiary/aromatic N) is 2. The molecule has 27 heavy (non-hydrogen) atoms. The first kappa shape index (κ1) is 19.8. The normalized spacial score (nSPS) is 15.0. The predicted molar refractivity (Wildman–Crippen MR) is 109 cm³/mol. The van der Waals surface area contributed by atoms with E-state index in [-0.39, 0.29) is 11.8 Å². The largest absolute Gasteiger partial charge is 0.337 e. The Morgan fingerprint density at radius 2 is 1.93 bits per heavy atom. The first-order valence-corrected chi connectivity index (χ1v) is 10.0. The average molecular weight is 407 g/mol. The number of hydrogen-bond donors (Lipinski definition) is 2. The highest BCUT2D eigenvalue weighted by atomic mass is 35.5. The van der Waals surface area contributed by atoms with Crippen molar-refractivity contribution in [2.75, 3.05) is 25.5 Å². The summed E-state index contributed by atoms with van der Waals surface area (Å²) in [7, 11) is 2.10. The third kappa shape index (κ3) is 4.86. The molecule has 0 aliphatic carbocycles. The number of thiophene rings is 1. The summed E-state index contributed by atoms with van der Waals surface area (Å²) in [5.41, 5.74) is 1.15. The van der Waals surface area contributed by atoms with Crippen LogP contribution in [-0.4, -0.2) is 47.4 Å². The molecule has 0 aromatic carbocycles. The third-order valence-electron chi connectivity index (χ3n) is 4.59. The first-order chi connectivity index (χ1) is 12.7. The highest BCUT2D eigenvalue weighted by Crippen LogP contribution is 2.22. The van der Waals surface area contributed by atoms with Crippen molar-refractivity contribution in [1.29, 1.82) is 0 Å². The molecule has 1 aliphatic heterocycles. The van der Waals surface area contributed by atoms with E-state index < -0.39 is 5.54 Å². The van der Waals surface area contributed by atoms with E-state index in [0.717, 1.165) is 31.6 Å². The maximum absolute atomic E-state index is 12.7. The van der Waals surface area contributed by atoms with Gasteiger partial charge in [-0.1, -0.05) is 17.7 Å². The van der Waals surface area contributed by atoms with Gasteiger partial charge in [-0.3, -0.25) is 9.59 Å². The molecule has 0 unspecified atom stereocenters. The molecule has 0 saturated heterocycles. The smallest absolute Gasteiger partial charge is 0.262 e. The summed E-state index contributed by atoms with van der Waals surface area (Å²) >= 11 is 7.05. The number of amides is 2. The van der Waals surface area contributed by atoms with Crippen LogP contribution in [0.5, 0.6) is 0 Å². The second kappa shape index (κ2) is 7.96. The number of hydrogen-bond acceptors (Lipinski definition) is 5. The Morgan fingerprint density at radius 3 is 2.63 bits per heavy atom. The van der Waals surface area contributed by atoms with Gasteiger partial charge in [-0.2, -0.15) is 0 Å². The van der Waals surface area contributed by atoms with Gasteiger partial charge in [0.25, 0.3) is 11.8 Å². The summed E-state index contributed by atoms with van der Waals surface area (Å²) in [5, 5.41) is 5.58. The maximum atomic E-state index is 12.7. The number of halogens is 1.